The Bertz CT molecular complexity index is 1490. The molecule has 9 nitrogen and oxygen atoms in total. The molecule has 0 aliphatic heterocycles. The number of nitrogens with zero attached hydrogens (tertiary/aromatic N) is 2. The Kier molecular flexibility index (Phi) is 8.71. The number of carbonyl (C=O) groups excluding carboxylic acids is 2. The molecule has 0 bridgehead atoms. The van der Waals surface area contributed by atoms with Gasteiger partial charge in [0.15, 0.2) is 0 Å². The van der Waals surface area contributed by atoms with Crippen LogP contribution in [0.3, 0.4) is 0 Å². The number of rotatable bonds is 11. The van der Waals surface area contributed by atoms with Gasteiger partial charge in [-0.1, -0.05) is 78.9 Å². The predicted molar refractivity (Wildman–Crippen MR) is 156 cm³/mol. The molecule has 3 N–H and O–H groups in total. The van der Waals surface area contributed by atoms with E-state index in [9.17, 15) is 19.5 Å². The van der Waals surface area contributed by atoms with Gasteiger partial charge in [0.2, 0.25) is 0 Å². The third kappa shape index (κ3) is 6.79. The normalized spacial score (nSPS) is 12.8. The lowest BCUT2D eigenvalue weighted by Gasteiger charge is -2.22. The predicted octanol–water partition coefficient (Wildman–Crippen LogP) is 4.50. The minimum Gasteiger partial charge on any atom is -0.480 e. The van der Waals surface area contributed by atoms with Gasteiger partial charge in [0.25, 0.3) is 5.91 Å². The van der Waals surface area contributed by atoms with Crippen molar-refractivity contribution in [3.8, 4) is 11.1 Å². The van der Waals surface area contributed by atoms with E-state index in [1.165, 1.54) is 6.20 Å². The largest absolute Gasteiger partial charge is 0.480 e. The first-order valence-electron chi connectivity index (χ1n) is 13.2. The Labute approximate surface area is 241 Å². The molecule has 0 fully saturated rings. The number of fused-ring (bicyclic) bond motifs is 3. The molecule has 210 valence electrons. The summed E-state index contributed by atoms with van der Waals surface area (Å²) in [6.45, 7) is 0.954. The van der Waals surface area contributed by atoms with E-state index in [1.54, 1.807) is 7.05 Å². The van der Waals surface area contributed by atoms with Gasteiger partial charge in [0, 0.05) is 19.0 Å². The van der Waals surface area contributed by atoms with E-state index < -0.39 is 24.0 Å². The minimum absolute atomic E-state index is 0.0442. The maximum absolute atomic E-state index is 12.8. The van der Waals surface area contributed by atoms with E-state index in [1.807, 2.05) is 59.5 Å². The highest BCUT2D eigenvalue weighted by Gasteiger charge is 2.29. The third-order valence-electron chi connectivity index (χ3n) is 6.90. The van der Waals surface area contributed by atoms with Crippen molar-refractivity contribution in [1.82, 2.24) is 20.5 Å². The molecular weight excluding hydrogens is 540 g/mol. The average molecular weight is 571 g/mol. The molecular formula is C31H30N4O5S. The van der Waals surface area contributed by atoms with Gasteiger partial charge in [-0.05, 0) is 34.9 Å². The molecule has 1 aliphatic rings. The number of alkyl carbamates (subject to hydrolysis) is 1. The monoisotopic (exact) mass is 570 g/mol. The van der Waals surface area contributed by atoms with Crippen LogP contribution in [0.2, 0.25) is 0 Å². The van der Waals surface area contributed by atoms with E-state index in [4.69, 9.17) is 4.74 Å². The lowest BCUT2D eigenvalue weighted by atomic mass is 9.98. The van der Waals surface area contributed by atoms with Gasteiger partial charge < -0.3 is 20.5 Å². The highest BCUT2D eigenvalue weighted by Crippen LogP contribution is 2.44. The fraction of sp³-hybridized carbons (Fsp3) is 0.226. The number of carboxylic acids is 1. The quantitative estimate of drug-likeness (QED) is 0.243. The molecule has 5 rings (SSSR count). The van der Waals surface area contributed by atoms with Crippen LogP contribution >= 0.6 is 11.3 Å². The number of benzene rings is 3. The van der Waals surface area contributed by atoms with Crippen molar-refractivity contribution in [3.63, 3.8) is 0 Å². The molecule has 1 unspecified atom stereocenters. The zero-order valence-electron chi connectivity index (χ0n) is 22.4. The van der Waals surface area contributed by atoms with Crippen LogP contribution in [0.15, 0.2) is 85.1 Å². The topological polar surface area (TPSA) is 121 Å². The van der Waals surface area contributed by atoms with Crippen LogP contribution in [0, 0.1) is 0 Å². The zero-order chi connectivity index (χ0) is 28.8. The average Bonchev–Trinajstić information content (AvgIpc) is 3.58. The number of hydrogen-bond donors (Lipinski definition) is 3. The van der Waals surface area contributed by atoms with E-state index >= 15 is 0 Å². The van der Waals surface area contributed by atoms with Gasteiger partial charge in [-0.2, -0.15) is 0 Å². The highest BCUT2D eigenvalue weighted by molar-refractivity contribution is 7.13. The van der Waals surface area contributed by atoms with E-state index in [0.29, 0.717) is 11.6 Å². The van der Waals surface area contributed by atoms with Crippen molar-refractivity contribution < 1.29 is 24.2 Å². The number of ether oxygens (including phenoxy) is 1. The molecule has 1 aliphatic carbocycles. The molecule has 2 amide bonds. The van der Waals surface area contributed by atoms with Crippen molar-refractivity contribution in [2.75, 3.05) is 20.2 Å². The zero-order valence-corrected chi connectivity index (χ0v) is 23.3. The molecule has 41 heavy (non-hydrogen) atoms. The number of amides is 2. The first-order valence-corrected chi connectivity index (χ1v) is 14.0. The molecule has 0 saturated carbocycles. The van der Waals surface area contributed by atoms with E-state index in [2.05, 4.69) is 39.9 Å². The van der Waals surface area contributed by atoms with Crippen molar-refractivity contribution >= 4 is 29.3 Å². The van der Waals surface area contributed by atoms with Gasteiger partial charge in [0.1, 0.15) is 22.5 Å². The smallest absolute Gasteiger partial charge is 0.407 e. The summed E-state index contributed by atoms with van der Waals surface area (Å²) in [6.07, 6.45) is 0.793. The Morgan fingerprint density at radius 3 is 2.27 bits per heavy atom. The Morgan fingerprint density at radius 2 is 1.61 bits per heavy atom. The summed E-state index contributed by atoms with van der Waals surface area (Å²) in [7, 11) is 1.80. The Balaban J connectivity index is 1.11. The number of carboxylic acid groups (broad SMARTS) is 1. The summed E-state index contributed by atoms with van der Waals surface area (Å²) >= 11 is 1.08. The Hall–Kier alpha value is -4.54. The van der Waals surface area contributed by atoms with Crippen molar-refractivity contribution in [1.29, 1.82) is 0 Å². The van der Waals surface area contributed by atoms with Crippen LogP contribution in [-0.4, -0.2) is 59.2 Å². The van der Waals surface area contributed by atoms with E-state index in [-0.39, 0.29) is 30.5 Å². The summed E-state index contributed by atoms with van der Waals surface area (Å²) in [5.41, 5.74) is 5.60. The maximum Gasteiger partial charge on any atom is 0.407 e. The van der Waals surface area contributed by atoms with Crippen molar-refractivity contribution in [2.45, 2.75) is 25.0 Å². The second kappa shape index (κ2) is 12.8. The fourth-order valence-corrected chi connectivity index (χ4v) is 5.74. The highest BCUT2D eigenvalue weighted by atomic mass is 32.1. The van der Waals surface area contributed by atoms with Gasteiger partial charge in [-0.15, -0.1) is 11.3 Å². The van der Waals surface area contributed by atoms with Crippen LogP contribution in [0.25, 0.3) is 11.1 Å². The molecule has 3 aromatic carbocycles. The molecule has 1 aromatic heterocycles. The van der Waals surface area contributed by atoms with E-state index in [0.717, 1.165) is 39.2 Å². The standard InChI is InChI=1S/C31H30N4O5S/c1-35(17-20-9-3-2-4-10-20)18-26(30(37)38)34-29(36)27-15-32-28(41-27)16-33-31(39)40-19-25-23-13-7-5-11-21(23)22-12-6-8-14-24(22)25/h2-15,25-26H,16-19H2,1H3,(H,33,39)(H,34,36)(H,37,38). The number of likely N-dealkylation sites (N-methyl/N-ethyl adjacent to an activating group) is 1. The lowest BCUT2D eigenvalue weighted by Crippen LogP contribution is -2.47. The van der Waals surface area contributed by atoms with Crippen LogP contribution in [0.1, 0.15) is 37.3 Å². The second-order valence-corrected chi connectivity index (χ2v) is 11.0. The van der Waals surface area contributed by atoms with Gasteiger partial charge in [-0.3, -0.25) is 9.69 Å². The molecule has 1 atom stereocenters. The summed E-state index contributed by atoms with van der Waals surface area (Å²) in [4.78, 5) is 43.4. The fourth-order valence-electron chi connectivity index (χ4n) is 4.98. The number of hydrogen-bond acceptors (Lipinski definition) is 7. The van der Waals surface area contributed by atoms with Gasteiger partial charge >= 0.3 is 12.1 Å². The van der Waals surface area contributed by atoms with Crippen LogP contribution in [0.4, 0.5) is 4.79 Å². The van der Waals surface area contributed by atoms with Crippen LogP contribution in [0.5, 0.6) is 0 Å². The lowest BCUT2D eigenvalue weighted by molar-refractivity contribution is -0.139. The van der Waals surface area contributed by atoms with Crippen LogP contribution < -0.4 is 10.6 Å². The number of nitrogens with one attached hydrogen (secondary N) is 2. The van der Waals surface area contributed by atoms with Crippen LogP contribution in [-0.2, 0) is 22.6 Å². The summed E-state index contributed by atoms with van der Waals surface area (Å²) in [6, 6.07) is 24.8. The molecule has 0 saturated heterocycles. The van der Waals surface area contributed by atoms with Gasteiger partial charge in [0.05, 0.1) is 12.7 Å². The minimum atomic E-state index is -1.13. The van der Waals surface area contributed by atoms with Crippen molar-refractivity contribution in [3.05, 3.63) is 112 Å². The summed E-state index contributed by atoms with van der Waals surface area (Å²) < 4.78 is 5.55. The first kappa shape index (κ1) is 28.0. The third-order valence-corrected chi connectivity index (χ3v) is 7.89. The van der Waals surface area contributed by atoms with Crippen molar-refractivity contribution in [2.24, 2.45) is 0 Å². The molecule has 0 radical (unpaired) electrons. The molecule has 1 heterocycles. The second-order valence-electron chi connectivity index (χ2n) is 9.84. The SMILES string of the molecule is CN(Cc1ccccc1)CC(NC(=O)c1cnc(CNC(=O)OCC2c3ccccc3-c3ccccc32)s1)C(=O)O. The summed E-state index contributed by atoms with van der Waals surface area (Å²) in [5, 5.41) is 15.4. The number of aromatic nitrogens is 1. The molecule has 0 spiro atoms. The first-order chi connectivity index (χ1) is 19.9. The Morgan fingerprint density at radius 1 is 0.976 bits per heavy atom. The maximum atomic E-state index is 12.8. The molecule has 10 heteroatoms. The summed E-state index contributed by atoms with van der Waals surface area (Å²) in [5.74, 6) is -1.70. The van der Waals surface area contributed by atoms with Gasteiger partial charge in [-0.25, -0.2) is 14.6 Å². The number of thiazole rings is 1. The number of carbonyl (C=O) groups is 3. The number of aliphatic carboxylic acids is 1. The molecule has 4 aromatic rings.